The molecule has 0 atom stereocenters. The number of hydrogen-bond acceptors (Lipinski definition) is 2. The monoisotopic (exact) mass is 156 g/mol. The molecule has 0 saturated heterocycles. The summed E-state index contributed by atoms with van der Waals surface area (Å²) in [5.41, 5.74) is 0. The van der Waals surface area contributed by atoms with Crippen molar-refractivity contribution in [2.45, 2.75) is 26.7 Å². The summed E-state index contributed by atoms with van der Waals surface area (Å²) in [7, 11) is 1.92. The van der Waals surface area contributed by atoms with Crippen LogP contribution < -0.4 is 5.32 Å². The van der Waals surface area contributed by atoms with E-state index in [4.69, 9.17) is 0 Å². The molecule has 0 aromatic heterocycles. The summed E-state index contributed by atoms with van der Waals surface area (Å²) in [4.78, 5) is 2.31. The van der Waals surface area contributed by atoms with Gasteiger partial charge in [-0.25, -0.2) is 0 Å². The van der Waals surface area contributed by atoms with Crippen molar-refractivity contribution in [1.29, 1.82) is 0 Å². The first-order valence-corrected chi connectivity index (χ1v) is 4.43. The van der Waals surface area contributed by atoms with Gasteiger partial charge >= 0.3 is 0 Å². The second-order valence-corrected chi connectivity index (χ2v) is 2.59. The summed E-state index contributed by atoms with van der Waals surface area (Å²) < 4.78 is 0. The Kier molecular flexibility index (Phi) is 7.00. The van der Waals surface area contributed by atoms with E-state index in [0.717, 1.165) is 6.54 Å². The van der Waals surface area contributed by atoms with E-state index in [2.05, 4.69) is 30.3 Å². The molecule has 1 N–H and O–H groups in total. The minimum absolute atomic E-state index is 1.10. The highest BCUT2D eigenvalue weighted by Crippen LogP contribution is 1.94. The van der Waals surface area contributed by atoms with Crippen LogP contribution >= 0.6 is 0 Å². The molecule has 0 spiro atoms. The molecular weight excluding hydrogens is 136 g/mol. The lowest BCUT2D eigenvalue weighted by molar-refractivity contribution is 0.385. The number of nitrogens with one attached hydrogen (secondary N) is 1. The van der Waals surface area contributed by atoms with E-state index in [1.807, 2.05) is 13.2 Å². The summed E-state index contributed by atoms with van der Waals surface area (Å²) in [5.74, 6) is 0. The Labute approximate surface area is 70.3 Å². The third-order valence-electron chi connectivity index (χ3n) is 1.66. The molecule has 0 bridgehead atoms. The second kappa shape index (κ2) is 7.45. The Morgan fingerprint density at radius 3 is 2.55 bits per heavy atom. The molecule has 0 aromatic carbocycles. The molecule has 0 unspecified atom stereocenters. The zero-order valence-corrected chi connectivity index (χ0v) is 7.93. The van der Waals surface area contributed by atoms with Gasteiger partial charge in [-0.1, -0.05) is 13.3 Å². The quantitative estimate of drug-likeness (QED) is 0.631. The van der Waals surface area contributed by atoms with Crippen LogP contribution in [-0.2, 0) is 0 Å². The number of nitrogens with zero attached hydrogens (tertiary/aromatic N) is 1. The van der Waals surface area contributed by atoms with Gasteiger partial charge in [0.05, 0.1) is 0 Å². The molecule has 0 aliphatic carbocycles. The van der Waals surface area contributed by atoms with Crippen molar-refractivity contribution in [3.8, 4) is 0 Å². The van der Waals surface area contributed by atoms with Gasteiger partial charge in [0.25, 0.3) is 0 Å². The Bertz CT molecular complexity index is 99.7. The van der Waals surface area contributed by atoms with E-state index in [9.17, 15) is 0 Å². The molecule has 0 amide bonds. The van der Waals surface area contributed by atoms with Crippen molar-refractivity contribution in [2.75, 3.05) is 20.1 Å². The Balaban J connectivity index is 3.48. The Morgan fingerprint density at radius 2 is 2.09 bits per heavy atom. The summed E-state index contributed by atoms with van der Waals surface area (Å²) in [6.07, 6.45) is 6.63. The Morgan fingerprint density at radius 1 is 1.36 bits per heavy atom. The van der Waals surface area contributed by atoms with Crippen LogP contribution in [0.3, 0.4) is 0 Å². The summed E-state index contributed by atoms with van der Waals surface area (Å²) in [6.45, 7) is 6.66. The molecule has 0 aromatic rings. The van der Waals surface area contributed by atoms with Crippen LogP contribution in [0.4, 0.5) is 0 Å². The maximum atomic E-state index is 2.99. The maximum Gasteiger partial charge on any atom is 0.0172 e. The van der Waals surface area contributed by atoms with Gasteiger partial charge in [0, 0.05) is 32.5 Å². The first kappa shape index (κ1) is 10.3. The number of rotatable bonds is 6. The highest BCUT2D eigenvalue weighted by molar-refractivity contribution is 4.78. The van der Waals surface area contributed by atoms with Gasteiger partial charge in [-0.05, 0) is 13.3 Å². The van der Waals surface area contributed by atoms with Gasteiger partial charge in [0.1, 0.15) is 0 Å². The molecule has 66 valence electrons. The molecule has 0 rings (SSSR count). The maximum absolute atomic E-state index is 2.99. The molecule has 0 aliphatic rings. The lowest BCUT2D eigenvalue weighted by atomic mass is 10.3. The van der Waals surface area contributed by atoms with Crippen LogP contribution in [0.5, 0.6) is 0 Å². The fraction of sp³-hybridized carbons (Fsp3) is 0.778. The lowest BCUT2D eigenvalue weighted by Gasteiger charge is -2.16. The van der Waals surface area contributed by atoms with E-state index < -0.39 is 0 Å². The molecular formula is C9H20N2. The normalized spacial score (nSPS) is 10.5. The van der Waals surface area contributed by atoms with E-state index in [1.165, 1.54) is 19.4 Å². The molecule has 2 nitrogen and oxygen atoms in total. The average Bonchev–Trinajstić information content (AvgIpc) is 2.05. The topological polar surface area (TPSA) is 15.3 Å². The van der Waals surface area contributed by atoms with Crippen LogP contribution in [0, 0.1) is 0 Å². The summed E-state index contributed by atoms with van der Waals surface area (Å²) >= 11 is 0. The van der Waals surface area contributed by atoms with Crippen molar-refractivity contribution < 1.29 is 0 Å². The molecule has 0 aliphatic heterocycles. The van der Waals surface area contributed by atoms with Gasteiger partial charge < -0.3 is 10.2 Å². The minimum Gasteiger partial charge on any atom is -0.393 e. The van der Waals surface area contributed by atoms with Crippen LogP contribution in [0.25, 0.3) is 0 Å². The zero-order valence-electron chi connectivity index (χ0n) is 7.93. The second-order valence-electron chi connectivity index (χ2n) is 2.59. The van der Waals surface area contributed by atoms with Gasteiger partial charge in [-0.2, -0.15) is 0 Å². The highest BCUT2D eigenvalue weighted by Gasteiger charge is 1.92. The zero-order chi connectivity index (χ0) is 8.53. The number of hydrogen-bond donors (Lipinski definition) is 1. The predicted octanol–water partition coefficient (Wildman–Crippen LogP) is 1.80. The smallest absolute Gasteiger partial charge is 0.0172 e. The standard InChI is InChI=1S/C9H20N2/c1-4-6-8-11(5-2)9-7-10-3/h7,9-10H,4-6,8H2,1-3H3/b9-7-. The molecule has 11 heavy (non-hydrogen) atoms. The molecule has 0 heterocycles. The predicted molar refractivity (Wildman–Crippen MR) is 50.4 cm³/mol. The van der Waals surface area contributed by atoms with Gasteiger partial charge in [-0.3, -0.25) is 0 Å². The first-order chi connectivity index (χ1) is 5.35. The van der Waals surface area contributed by atoms with Gasteiger partial charge in [-0.15, -0.1) is 0 Å². The largest absolute Gasteiger partial charge is 0.393 e. The van der Waals surface area contributed by atoms with E-state index >= 15 is 0 Å². The lowest BCUT2D eigenvalue weighted by Crippen LogP contribution is -2.18. The van der Waals surface area contributed by atoms with Crippen molar-refractivity contribution in [3.05, 3.63) is 12.4 Å². The first-order valence-electron chi connectivity index (χ1n) is 4.43. The highest BCUT2D eigenvalue weighted by atomic mass is 15.1. The number of unbranched alkanes of at least 4 members (excludes halogenated alkanes) is 1. The van der Waals surface area contributed by atoms with E-state index in [1.54, 1.807) is 0 Å². The fourth-order valence-corrected chi connectivity index (χ4v) is 0.879. The average molecular weight is 156 g/mol. The van der Waals surface area contributed by atoms with Crippen LogP contribution in [0.15, 0.2) is 12.4 Å². The molecule has 0 fully saturated rings. The van der Waals surface area contributed by atoms with E-state index in [-0.39, 0.29) is 0 Å². The molecule has 2 heteroatoms. The summed E-state index contributed by atoms with van der Waals surface area (Å²) in [5, 5.41) is 2.99. The third kappa shape index (κ3) is 5.77. The van der Waals surface area contributed by atoms with Crippen molar-refractivity contribution >= 4 is 0 Å². The van der Waals surface area contributed by atoms with Crippen molar-refractivity contribution in [2.24, 2.45) is 0 Å². The van der Waals surface area contributed by atoms with Crippen LogP contribution in [0.2, 0.25) is 0 Å². The molecule has 0 saturated carbocycles. The van der Waals surface area contributed by atoms with Crippen molar-refractivity contribution in [1.82, 2.24) is 10.2 Å². The van der Waals surface area contributed by atoms with Crippen molar-refractivity contribution in [3.63, 3.8) is 0 Å². The fourth-order valence-electron chi connectivity index (χ4n) is 0.879. The van der Waals surface area contributed by atoms with Crippen LogP contribution in [-0.4, -0.2) is 25.0 Å². The minimum atomic E-state index is 1.10. The van der Waals surface area contributed by atoms with Gasteiger partial charge in [0.2, 0.25) is 0 Å². The van der Waals surface area contributed by atoms with Crippen LogP contribution in [0.1, 0.15) is 26.7 Å². The van der Waals surface area contributed by atoms with E-state index in [0.29, 0.717) is 0 Å². The Hall–Kier alpha value is -0.660. The molecule has 0 radical (unpaired) electrons. The summed E-state index contributed by atoms with van der Waals surface area (Å²) in [6, 6.07) is 0. The van der Waals surface area contributed by atoms with Gasteiger partial charge in [0.15, 0.2) is 0 Å². The third-order valence-corrected chi connectivity index (χ3v) is 1.66. The SMILES string of the molecule is CCCCN(/C=C\NC)CC.